The van der Waals surface area contributed by atoms with Gasteiger partial charge < -0.3 is 10.4 Å². The van der Waals surface area contributed by atoms with E-state index < -0.39 is 0 Å². The Balaban J connectivity index is 2.21. The third-order valence-electron chi connectivity index (χ3n) is 2.07. The molecular formula is C11H6Br2ClNO2S. The average Bonchev–Trinajstić information content (AvgIpc) is 2.63. The maximum absolute atomic E-state index is 12.0. The number of halogens is 3. The van der Waals surface area contributed by atoms with Crippen LogP contribution < -0.4 is 5.32 Å². The van der Waals surface area contributed by atoms with Gasteiger partial charge in [0.15, 0.2) is 0 Å². The number of aromatic hydroxyl groups is 1. The van der Waals surface area contributed by atoms with Gasteiger partial charge in [0.05, 0.1) is 19.4 Å². The number of carbonyl (C=O) groups excluding carboxylic acids is 1. The number of nitrogens with one attached hydrogen (secondary N) is 1. The molecule has 0 radical (unpaired) electrons. The minimum absolute atomic E-state index is 0.0552. The fourth-order valence-electron chi connectivity index (χ4n) is 1.25. The molecule has 0 saturated carbocycles. The first kappa shape index (κ1) is 13.9. The Bertz CT molecular complexity index is 596. The highest BCUT2D eigenvalue weighted by Gasteiger charge is 2.13. The van der Waals surface area contributed by atoms with Crippen molar-refractivity contribution in [1.29, 1.82) is 0 Å². The molecule has 0 saturated heterocycles. The predicted molar refractivity (Wildman–Crippen MR) is 80.8 cm³/mol. The molecular weight excluding hydrogens is 405 g/mol. The maximum Gasteiger partial charge on any atom is 0.265 e. The third-order valence-corrected chi connectivity index (χ3v) is 5.64. The van der Waals surface area contributed by atoms with E-state index in [2.05, 4.69) is 37.2 Å². The van der Waals surface area contributed by atoms with Crippen LogP contribution in [0.2, 0.25) is 5.02 Å². The maximum atomic E-state index is 12.0. The average molecular weight is 412 g/mol. The van der Waals surface area contributed by atoms with Gasteiger partial charge in [0.2, 0.25) is 0 Å². The molecule has 0 fully saturated rings. The number of amides is 1. The highest BCUT2D eigenvalue weighted by Crippen LogP contribution is 2.33. The SMILES string of the molecule is O=C(Nc1ccc(O)cc1Cl)c1cc(Br)c(Br)s1. The molecule has 2 N–H and O–H groups in total. The molecule has 18 heavy (non-hydrogen) atoms. The molecule has 1 amide bonds. The molecule has 0 atom stereocenters. The lowest BCUT2D eigenvalue weighted by atomic mass is 10.3. The van der Waals surface area contributed by atoms with Crippen molar-refractivity contribution in [1.82, 2.24) is 0 Å². The van der Waals surface area contributed by atoms with Crippen LogP contribution in [0.15, 0.2) is 32.5 Å². The second kappa shape index (κ2) is 5.61. The lowest BCUT2D eigenvalue weighted by Gasteiger charge is -2.05. The second-order valence-electron chi connectivity index (χ2n) is 3.35. The largest absolute Gasteiger partial charge is 0.508 e. The molecule has 0 aliphatic heterocycles. The van der Waals surface area contributed by atoms with Crippen molar-refractivity contribution >= 4 is 66.4 Å². The molecule has 1 heterocycles. The molecule has 0 aliphatic rings. The summed E-state index contributed by atoms with van der Waals surface area (Å²) in [5.74, 6) is -0.196. The summed E-state index contributed by atoms with van der Waals surface area (Å²) in [4.78, 5) is 12.5. The van der Waals surface area contributed by atoms with Gasteiger partial charge in [-0.1, -0.05) is 11.6 Å². The monoisotopic (exact) mass is 409 g/mol. The standard InChI is InChI=1S/C11H6Br2ClNO2S/c12-6-4-9(18-10(6)13)11(17)15-8-2-1-5(16)3-7(8)14/h1-4,16H,(H,15,17). The predicted octanol–water partition coefficient (Wildman–Crippen LogP) is 4.88. The Kier molecular flexibility index (Phi) is 4.32. The second-order valence-corrected chi connectivity index (χ2v) is 6.98. The highest BCUT2D eigenvalue weighted by atomic mass is 79.9. The van der Waals surface area contributed by atoms with Crippen LogP contribution in [-0.4, -0.2) is 11.0 Å². The van der Waals surface area contributed by atoms with Gasteiger partial charge in [0, 0.05) is 10.5 Å². The van der Waals surface area contributed by atoms with E-state index in [9.17, 15) is 9.90 Å². The lowest BCUT2D eigenvalue weighted by Crippen LogP contribution is -2.10. The van der Waals surface area contributed by atoms with Crippen molar-refractivity contribution in [2.75, 3.05) is 5.32 Å². The zero-order chi connectivity index (χ0) is 13.3. The third kappa shape index (κ3) is 3.06. The van der Waals surface area contributed by atoms with E-state index in [1.54, 1.807) is 12.1 Å². The van der Waals surface area contributed by atoms with Crippen molar-refractivity contribution < 1.29 is 9.90 Å². The normalized spacial score (nSPS) is 10.4. The summed E-state index contributed by atoms with van der Waals surface area (Å²) < 4.78 is 1.68. The topological polar surface area (TPSA) is 49.3 Å². The summed E-state index contributed by atoms with van der Waals surface area (Å²) in [7, 11) is 0. The van der Waals surface area contributed by atoms with E-state index in [1.807, 2.05) is 0 Å². The van der Waals surface area contributed by atoms with Crippen molar-refractivity contribution in [2.45, 2.75) is 0 Å². The Morgan fingerprint density at radius 3 is 2.61 bits per heavy atom. The number of thiophene rings is 1. The Morgan fingerprint density at radius 1 is 1.33 bits per heavy atom. The van der Waals surface area contributed by atoms with E-state index >= 15 is 0 Å². The first-order valence-corrected chi connectivity index (χ1v) is 7.50. The van der Waals surface area contributed by atoms with Crippen molar-refractivity contribution in [3.8, 4) is 5.75 Å². The summed E-state index contributed by atoms with van der Waals surface area (Å²) in [6, 6.07) is 6.10. The number of rotatable bonds is 2. The van der Waals surface area contributed by atoms with E-state index in [0.717, 1.165) is 8.26 Å². The van der Waals surface area contributed by atoms with Gasteiger partial charge in [-0.3, -0.25) is 4.79 Å². The highest BCUT2D eigenvalue weighted by molar-refractivity contribution is 9.13. The minimum Gasteiger partial charge on any atom is -0.508 e. The van der Waals surface area contributed by atoms with E-state index in [0.29, 0.717) is 10.6 Å². The van der Waals surface area contributed by atoms with Gasteiger partial charge in [0.1, 0.15) is 5.75 Å². The van der Waals surface area contributed by atoms with Crippen LogP contribution in [0.4, 0.5) is 5.69 Å². The van der Waals surface area contributed by atoms with Gasteiger partial charge in [-0.15, -0.1) is 11.3 Å². The van der Waals surface area contributed by atoms with Crippen LogP contribution >= 0.6 is 54.8 Å². The zero-order valence-electron chi connectivity index (χ0n) is 8.71. The Labute approximate surface area is 129 Å². The molecule has 0 spiro atoms. The van der Waals surface area contributed by atoms with Crippen molar-refractivity contribution in [3.63, 3.8) is 0 Å². The molecule has 0 bridgehead atoms. The first-order chi connectivity index (χ1) is 8.47. The van der Waals surface area contributed by atoms with Gasteiger partial charge in [-0.2, -0.15) is 0 Å². The number of anilines is 1. The fourth-order valence-corrected chi connectivity index (χ4v) is 3.40. The number of phenols is 1. The van der Waals surface area contributed by atoms with Gasteiger partial charge in [-0.05, 0) is 50.1 Å². The summed E-state index contributed by atoms with van der Waals surface area (Å²) in [5, 5.41) is 12.2. The van der Waals surface area contributed by atoms with Crippen molar-refractivity contribution in [2.24, 2.45) is 0 Å². The van der Waals surface area contributed by atoms with Crippen LogP contribution in [0.5, 0.6) is 5.75 Å². The fraction of sp³-hybridized carbons (Fsp3) is 0. The van der Waals surface area contributed by atoms with Crippen LogP contribution in [0, 0.1) is 0 Å². The van der Waals surface area contributed by atoms with Crippen molar-refractivity contribution in [3.05, 3.63) is 42.4 Å². The molecule has 1 aromatic carbocycles. The molecule has 94 valence electrons. The lowest BCUT2D eigenvalue weighted by molar-refractivity contribution is 0.103. The van der Waals surface area contributed by atoms with Crippen LogP contribution in [-0.2, 0) is 0 Å². The molecule has 7 heteroatoms. The molecule has 1 aromatic heterocycles. The Hall–Kier alpha value is -0.560. The summed E-state index contributed by atoms with van der Waals surface area (Å²) in [6.45, 7) is 0. The van der Waals surface area contributed by atoms with Crippen LogP contribution in [0.1, 0.15) is 9.67 Å². The summed E-state index contributed by atoms with van der Waals surface area (Å²) in [6.07, 6.45) is 0. The number of benzene rings is 1. The Morgan fingerprint density at radius 2 is 2.06 bits per heavy atom. The summed E-state index contributed by atoms with van der Waals surface area (Å²) in [5.41, 5.74) is 0.458. The molecule has 3 nitrogen and oxygen atoms in total. The van der Waals surface area contributed by atoms with Gasteiger partial charge >= 0.3 is 0 Å². The van der Waals surface area contributed by atoms with E-state index in [1.165, 1.54) is 23.5 Å². The van der Waals surface area contributed by atoms with E-state index in [4.69, 9.17) is 11.6 Å². The molecule has 2 aromatic rings. The smallest absolute Gasteiger partial charge is 0.265 e. The molecule has 0 unspecified atom stereocenters. The van der Waals surface area contributed by atoms with Gasteiger partial charge in [0.25, 0.3) is 5.91 Å². The number of hydrogen-bond acceptors (Lipinski definition) is 3. The molecule has 0 aliphatic carbocycles. The van der Waals surface area contributed by atoms with E-state index in [-0.39, 0.29) is 16.7 Å². The zero-order valence-corrected chi connectivity index (χ0v) is 13.5. The minimum atomic E-state index is -0.251. The number of phenolic OH excluding ortho intramolecular Hbond substituents is 1. The first-order valence-electron chi connectivity index (χ1n) is 4.72. The number of hydrogen-bond donors (Lipinski definition) is 2. The van der Waals surface area contributed by atoms with Crippen LogP contribution in [0.25, 0.3) is 0 Å². The number of carbonyl (C=O) groups is 1. The summed E-state index contributed by atoms with van der Waals surface area (Å²) >= 11 is 13.9. The molecule has 2 rings (SSSR count). The van der Waals surface area contributed by atoms with Gasteiger partial charge in [-0.25, -0.2) is 0 Å². The quantitative estimate of drug-likeness (QED) is 0.692. The van der Waals surface area contributed by atoms with Crippen LogP contribution in [0.3, 0.4) is 0 Å².